The topological polar surface area (TPSA) is 128 Å². The van der Waals surface area contributed by atoms with Gasteiger partial charge in [0.05, 0.1) is 37.5 Å². The Hall–Kier alpha value is -5.61. The molecule has 0 atom stereocenters. The molecule has 0 saturated heterocycles. The lowest BCUT2D eigenvalue weighted by Gasteiger charge is -2.16. The average molecular weight is 620 g/mol. The molecule has 0 aliphatic carbocycles. The molecule has 10 heteroatoms. The molecule has 0 bridgehead atoms. The number of amides is 2. The van der Waals surface area contributed by atoms with Crippen LogP contribution in [-0.2, 0) is 19.4 Å². The third kappa shape index (κ3) is 6.72. The van der Waals surface area contributed by atoms with Crippen LogP contribution in [0.5, 0.6) is 17.2 Å². The molecule has 3 N–H and O–H groups in total. The van der Waals surface area contributed by atoms with Crippen molar-refractivity contribution in [3.05, 3.63) is 123 Å². The van der Waals surface area contributed by atoms with Crippen LogP contribution >= 0.6 is 0 Å². The van der Waals surface area contributed by atoms with Gasteiger partial charge in [0.2, 0.25) is 0 Å². The summed E-state index contributed by atoms with van der Waals surface area (Å²) < 4.78 is 22.1. The maximum absolute atomic E-state index is 13.5. The van der Waals surface area contributed by atoms with Crippen molar-refractivity contribution in [2.24, 2.45) is 0 Å². The highest BCUT2D eigenvalue weighted by Gasteiger charge is 2.21. The number of rotatable bonds is 11. The van der Waals surface area contributed by atoms with Gasteiger partial charge in [0.1, 0.15) is 11.3 Å². The number of benzene rings is 4. The maximum atomic E-state index is 13.5. The van der Waals surface area contributed by atoms with Crippen molar-refractivity contribution in [1.82, 2.24) is 5.32 Å². The molecule has 0 unspecified atom stereocenters. The van der Waals surface area contributed by atoms with E-state index in [1.54, 1.807) is 24.3 Å². The zero-order valence-corrected chi connectivity index (χ0v) is 25.5. The lowest BCUT2D eigenvalue weighted by Crippen LogP contribution is -2.20. The molecule has 234 valence electrons. The van der Waals surface area contributed by atoms with Crippen molar-refractivity contribution in [3.63, 3.8) is 0 Å². The minimum Gasteiger partial charge on any atom is -0.493 e. The van der Waals surface area contributed by atoms with Crippen molar-refractivity contribution in [3.8, 4) is 17.2 Å². The van der Waals surface area contributed by atoms with E-state index >= 15 is 0 Å². The van der Waals surface area contributed by atoms with Gasteiger partial charge in [-0.05, 0) is 66.1 Å². The van der Waals surface area contributed by atoms with E-state index in [1.165, 1.54) is 37.5 Å². The number of nitrogens with one attached hydrogen (secondary N) is 3. The fourth-order valence-corrected chi connectivity index (χ4v) is 5.34. The summed E-state index contributed by atoms with van der Waals surface area (Å²) in [6.07, 6.45) is 1.78. The third-order valence-electron chi connectivity index (χ3n) is 7.76. The van der Waals surface area contributed by atoms with E-state index in [4.69, 9.17) is 18.6 Å². The Morgan fingerprint density at radius 2 is 1.59 bits per heavy atom. The molecule has 0 fully saturated rings. The second-order valence-corrected chi connectivity index (χ2v) is 10.8. The molecule has 2 heterocycles. The summed E-state index contributed by atoms with van der Waals surface area (Å²) in [5.74, 6) is 0.213. The van der Waals surface area contributed by atoms with Gasteiger partial charge in [0.25, 0.3) is 11.8 Å². The highest BCUT2D eigenvalue weighted by Crippen LogP contribution is 2.34. The number of anilines is 2. The number of ether oxygens (including phenoxy) is 3. The van der Waals surface area contributed by atoms with Crippen molar-refractivity contribution >= 4 is 34.2 Å². The molecule has 4 aromatic carbocycles. The summed E-state index contributed by atoms with van der Waals surface area (Å²) in [7, 11) is 2.90. The molecule has 2 amide bonds. The second kappa shape index (κ2) is 13.6. The van der Waals surface area contributed by atoms with Crippen LogP contribution in [0.2, 0.25) is 0 Å². The number of methoxy groups -OCH3 is 2. The molecular weight excluding hydrogens is 586 g/mol. The molecule has 6 rings (SSSR count). The third-order valence-corrected chi connectivity index (χ3v) is 7.76. The van der Waals surface area contributed by atoms with Crippen LogP contribution in [0.4, 0.5) is 11.4 Å². The number of carbonyl (C=O) groups excluding carboxylic acids is 2. The van der Waals surface area contributed by atoms with Gasteiger partial charge in [-0.2, -0.15) is 0 Å². The van der Waals surface area contributed by atoms with Crippen molar-refractivity contribution < 1.29 is 28.2 Å². The summed E-state index contributed by atoms with van der Waals surface area (Å²) in [4.78, 5) is 39.3. The Kier molecular flexibility index (Phi) is 8.98. The highest BCUT2D eigenvalue weighted by molar-refractivity contribution is 6.12. The first-order valence-corrected chi connectivity index (χ1v) is 14.9. The van der Waals surface area contributed by atoms with E-state index in [9.17, 15) is 14.4 Å². The van der Waals surface area contributed by atoms with Crippen molar-refractivity contribution in [2.45, 2.75) is 19.4 Å². The minimum atomic E-state index is -0.702. The number of carbonyl (C=O) groups is 2. The number of hydrogen-bond acceptors (Lipinski definition) is 8. The van der Waals surface area contributed by atoms with Crippen LogP contribution in [0.3, 0.4) is 0 Å². The van der Waals surface area contributed by atoms with Crippen LogP contribution in [0.1, 0.15) is 37.6 Å². The van der Waals surface area contributed by atoms with Gasteiger partial charge in [-0.3, -0.25) is 14.4 Å². The molecule has 46 heavy (non-hydrogen) atoms. The summed E-state index contributed by atoms with van der Waals surface area (Å²) in [6, 6.07) is 24.6. The Balaban J connectivity index is 1.12. The molecule has 10 nitrogen and oxygen atoms in total. The van der Waals surface area contributed by atoms with Gasteiger partial charge in [-0.25, -0.2) is 0 Å². The van der Waals surface area contributed by atoms with E-state index in [0.29, 0.717) is 22.6 Å². The fourth-order valence-electron chi connectivity index (χ4n) is 5.34. The van der Waals surface area contributed by atoms with Gasteiger partial charge in [-0.15, -0.1) is 0 Å². The van der Waals surface area contributed by atoms with Crippen LogP contribution in [0, 0.1) is 0 Å². The molecule has 0 saturated carbocycles. The van der Waals surface area contributed by atoms with E-state index in [1.807, 2.05) is 30.3 Å². The van der Waals surface area contributed by atoms with Crippen LogP contribution < -0.4 is 35.6 Å². The quantitative estimate of drug-likeness (QED) is 0.164. The predicted octanol–water partition coefficient (Wildman–Crippen LogP) is 5.58. The number of para-hydroxylation sites is 1. The molecule has 0 radical (unpaired) electrons. The van der Waals surface area contributed by atoms with Crippen LogP contribution in [-0.4, -0.2) is 39.2 Å². The predicted molar refractivity (Wildman–Crippen MR) is 175 cm³/mol. The Bertz CT molecular complexity index is 1970. The van der Waals surface area contributed by atoms with E-state index < -0.39 is 11.8 Å². The molecule has 0 spiro atoms. The molecule has 1 aromatic heterocycles. The van der Waals surface area contributed by atoms with E-state index in [2.05, 4.69) is 28.1 Å². The zero-order valence-electron chi connectivity index (χ0n) is 25.5. The second-order valence-electron chi connectivity index (χ2n) is 10.8. The minimum absolute atomic E-state index is 0.125. The Morgan fingerprint density at radius 1 is 0.826 bits per heavy atom. The van der Waals surface area contributed by atoms with E-state index in [-0.39, 0.29) is 28.0 Å². The van der Waals surface area contributed by atoms with Gasteiger partial charge < -0.3 is 34.6 Å². The molecule has 1 aliphatic rings. The largest absolute Gasteiger partial charge is 0.493 e. The first-order valence-electron chi connectivity index (χ1n) is 14.9. The van der Waals surface area contributed by atoms with Crippen LogP contribution in [0.15, 0.2) is 94.1 Å². The molecule has 5 aromatic rings. The normalized spacial score (nSPS) is 11.9. The lowest BCUT2D eigenvalue weighted by molar-refractivity contribution is 0.0997. The smallest absolute Gasteiger partial charge is 0.291 e. The van der Waals surface area contributed by atoms with Gasteiger partial charge in [-0.1, -0.05) is 36.4 Å². The van der Waals surface area contributed by atoms with Crippen molar-refractivity contribution in [2.75, 3.05) is 38.0 Å². The Labute approximate surface area is 265 Å². The van der Waals surface area contributed by atoms with Crippen LogP contribution in [0.25, 0.3) is 11.0 Å². The SMILES string of the molecule is COc1cc(NC(=O)c2cc(=O)c3ccccc3o2)c(C(=O)Nc2ccc(CCNCc3ccc4c(c3)CCO4)cc2)cc1OC. The summed E-state index contributed by atoms with van der Waals surface area (Å²) >= 11 is 0. The number of fused-ring (bicyclic) bond motifs is 2. The van der Waals surface area contributed by atoms with Gasteiger partial charge >= 0.3 is 0 Å². The summed E-state index contributed by atoms with van der Waals surface area (Å²) in [5.41, 5.74) is 4.38. The summed E-state index contributed by atoms with van der Waals surface area (Å²) in [6.45, 7) is 2.32. The highest BCUT2D eigenvalue weighted by atomic mass is 16.5. The van der Waals surface area contributed by atoms with E-state index in [0.717, 1.165) is 49.9 Å². The lowest BCUT2D eigenvalue weighted by atomic mass is 10.1. The van der Waals surface area contributed by atoms with Gasteiger partial charge in [0, 0.05) is 30.8 Å². The standard InChI is InChI=1S/C36H33N3O7/c1-43-32-18-27(28(19-33(32)44-2)39-36(42)34-20-29(40)26-5-3-4-6-31(26)46-34)35(41)38-25-10-7-22(8-11-25)13-15-37-21-23-9-12-30-24(17-23)14-16-45-30/h3-12,17-20,37H,13-16,21H2,1-2H3,(H,38,41)(H,39,42). The maximum Gasteiger partial charge on any atom is 0.291 e. The zero-order chi connectivity index (χ0) is 32.0. The first kappa shape index (κ1) is 30.4. The van der Waals surface area contributed by atoms with Gasteiger partial charge in [0.15, 0.2) is 22.7 Å². The number of hydrogen-bond donors (Lipinski definition) is 3. The monoisotopic (exact) mass is 619 g/mol. The first-order chi connectivity index (χ1) is 22.4. The average Bonchev–Trinajstić information content (AvgIpc) is 3.55. The van der Waals surface area contributed by atoms with Crippen molar-refractivity contribution in [1.29, 1.82) is 0 Å². The summed E-state index contributed by atoms with van der Waals surface area (Å²) in [5, 5.41) is 9.42. The molecular formula is C36H33N3O7. The molecule has 1 aliphatic heterocycles. The fraction of sp³-hybridized carbons (Fsp3) is 0.194. The Morgan fingerprint density at radius 3 is 2.39 bits per heavy atom.